The normalized spacial score (nSPS) is 33.1. The molecule has 0 aromatic rings. The van der Waals surface area contributed by atoms with Crippen LogP contribution in [0.3, 0.4) is 0 Å². The fraction of sp³-hybridized carbons (Fsp3) is 1.00. The highest BCUT2D eigenvalue weighted by molar-refractivity contribution is 7.87. The summed E-state index contributed by atoms with van der Waals surface area (Å²) in [6, 6.07) is -0.292. The highest BCUT2D eigenvalue weighted by atomic mass is 32.2. The summed E-state index contributed by atoms with van der Waals surface area (Å²) in [5, 5.41) is 9.73. The predicted octanol–water partition coefficient (Wildman–Crippen LogP) is 0.220. The number of aliphatic hydroxyl groups excluding tert-OH is 1. The van der Waals surface area contributed by atoms with Crippen molar-refractivity contribution in [2.75, 3.05) is 13.1 Å². The van der Waals surface area contributed by atoms with Gasteiger partial charge in [0.25, 0.3) is 10.2 Å². The van der Waals surface area contributed by atoms with Crippen molar-refractivity contribution in [3.8, 4) is 0 Å². The maximum Gasteiger partial charge on any atom is 0.279 e. The van der Waals surface area contributed by atoms with Crippen LogP contribution in [0.5, 0.6) is 0 Å². The van der Waals surface area contributed by atoms with Crippen LogP contribution in [0.15, 0.2) is 0 Å². The minimum absolute atomic E-state index is 0.292. The van der Waals surface area contributed by atoms with Gasteiger partial charge >= 0.3 is 0 Å². The lowest BCUT2D eigenvalue weighted by molar-refractivity contribution is 0.100. The zero-order valence-corrected chi connectivity index (χ0v) is 10.2. The third-order valence-corrected chi connectivity index (χ3v) is 5.08. The molecule has 5 nitrogen and oxygen atoms in total. The van der Waals surface area contributed by atoms with Crippen LogP contribution in [0.2, 0.25) is 0 Å². The molecule has 2 rings (SSSR count). The molecular formula is C10H20N2O3S. The molecule has 0 amide bonds. The van der Waals surface area contributed by atoms with Gasteiger partial charge in [-0.3, -0.25) is 0 Å². The van der Waals surface area contributed by atoms with E-state index in [1.54, 1.807) is 0 Å². The summed E-state index contributed by atoms with van der Waals surface area (Å²) in [6.07, 6.45) is 4.78. The number of hydrogen-bond acceptors (Lipinski definition) is 3. The van der Waals surface area contributed by atoms with Crippen molar-refractivity contribution < 1.29 is 13.5 Å². The zero-order chi connectivity index (χ0) is 11.6. The van der Waals surface area contributed by atoms with Crippen molar-refractivity contribution in [3.05, 3.63) is 0 Å². The molecule has 1 saturated heterocycles. The van der Waals surface area contributed by atoms with E-state index >= 15 is 0 Å². The van der Waals surface area contributed by atoms with Crippen molar-refractivity contribution >= 4 is 10.2 Å². The number of rotatable bonds is 3. The molecule has 1 aliphatic heterocycles. The van der Waals surface area contributed by atoms with E-state index in [0.717, 1.165) is 32.1 Å². The molecule has 1 saturated carbocycles. The number of nitrogens with zero attached hydrogens (tertiary/aromatic N) is 1. The van der Waals surface area contributed by atoms with Gasteiger partial charge in [0, 0.05) is 19.1 Å². The lowest BCUT2D eigenvalue weighted by Crippen LogP contribution is -2.49. The third kappa shape index (κ3) is 2.74. The highest BCUT2D eigenvalue weighted by Crippen LogP contribution is 2.20. The first-order valence-corrected chi connectivity index (χ1v) is 7.49. The van der Waals surface area contributed by atoms with Crippen LogP contribution < -0.4 is 4.72 Å². The molecule has 94 valence electrons. The monoisotopic (exact) mass is 248 g/mol. The van der Waals surface area contributed by atoms with Crippen LogP contribution in [-0.4, -0.2) is 43.1 Å². The number of hydrogen-bond donors (Lipinski definition) is 2. The van der Waals surface area contributed by atoms with Crippen molar-refractivity contribution in [2.24, 2.45) is 0 Å². The Morgan fingerprint density at radius 1 is 1.06 bits per heavy atom. The summed E-state index contributed by atoms with van der Waals surface area (Å²) in [5.41, 5.74) is 0. The Balaban J connectivity index is 1.96. The van der Waals surface area contributed by atoms with Gasteiger partial charge in [0.1, 0.15) is 0 Å². The molecule has 2 aliphatic rings. The molecular weight excluding hydrogens is 228 g/mol. The molecule has 2 N–H and O–H groups in total. The predicted molar refractivity (Wildman–Crippen MR) is 61.1 cm³/mol. The standard InChI is InChI=1S/C10H20N2O3S/c13-10-6-2-1-5-9(10)11-16(14,15)12-7-3-4-8-12/h9-11,13H,1-8H2/t9-,10-/m0/s1. The molecule has 2 fully saturated rings. The van der Waals surface area contributed by atoms with Crippen molar-refractivity contribution in [3.63, 3.8) is 0 Å². The summed E-state index contributed by atoms with van der Waals surface area (Å²) >= 11 is 0. The Hall–Kier alpha value is -0.170. The van der Waals surface area contributed by atoms with E-state index in [1.165, 1.54) is 4.31 Å². The molecule has 0 aromatic heterocycles. The third-order valence-electron chi connectivity index (χ3n) is 3.43. The molecule has 1 aliphatic carbocycles. The van der Waals surface area contributed by atoms with E-state index in [2.05, 4.69) is 4.72 Å². The van der Waals surface area contributed by atoms with Crippen molar-refractivity contribution in [2.45, 2.75) is 50.7 Å². The van der Waals surface area contributed by atoms with Gasteiger partial charge in [-0.25, -0.2) is 0 Å². The quantitative estimate of drug-likeness (QED) is 0.750. The van der Waals surface area contributed by atoms with Crippen LogP contribution in [0, 0.1) is 0 Å². The zero-order valence-electron chi connectivity index (χ0n) is 9.43. The molecule has 0 unspecified atom stereocenters. The second kappa shape index (κ2) is 5.00. The second-order valence-electron chi connectivity index (χ2n) is 4.69. The van der Waals surface area contributed by atoms with Gasteiger partial charge in [-0.05, 0) is 25.7 Å². The van der Waals surface area contributed by atoms with Crippen LogP contribution in [-0.2, 0) is 10.2 Å². The van der Waals surface area contributed by atoms with E-state index in [4.69, 9.17) is 0 Å². The van der Waals surface area contributed by atoms with Crippen LogP contribution in [0.25, 0.3) is 0 Å². The maximum atomic E-state index is 12.0. The molecule has 0 radical (unpaired) electrons. The summed E-state index contributed by atoms with van der Waals surface area (Å²) in [5.74, 6) is 0. The Bertz CT molecular complexity index is 325. The van der Waals surface area contributed by atoms with Gasteiger partial charge in [0.2, 0.25) is 0 Å². The van der Waals surface area contributed by atoms with Gasteiger partial charge < -0.3 is 5.11 Å². The SMILES string of the molecule is O=S(=O)(N[C@H]1CCCC[C@@H]1O)N1CCCC1. The van der Waals surface area contributed by atoms with Crippen LogP contribution >= 0.6 is 0 Å². The fourth-order valence-corrected chi connectivity index (χ4v) is 3.99. The fourth-order valence-electron chi connectivity index (χ4n) is 2.44. The molecule has 0 aromatic carbocycles. The molecule has 0 bridgehead atoms. The van der Waals surface area contributed by atoms with E-state index in [-0.39, 0.29) is 6.04 Å². The lowest BCUT2D eigenvalue weighted by Gasteiger charge is -2.29. The molecule has 1 heterocycles. The van der Waals surface area contributed by atoms with Gasteiger partial charge in [0.05, 0.1) is 6.10 Å². The van der Waals surface area contributed by atoms with E-state index in [9.17, 15) is 13.5 Å². The van der Waals surface area contributed by atoms with Crippen molar-refractivity contribution in [1.29, 1.82) is 0 Å². The minimum Gasteiger partial charge on any atom is -0.391 e. The molecule has 0 spiro atoms. The average molecular weight is 248 g/mol. The van der Waals surface area contributed by atoms with Crippen LogP contribution in [0.4, 0.5) is 0 Å². The summed E-state index contributed by atoms with van der Waals surface area (Å²) < 4.78 is 28.0. The van der Waals surface area contributed by atoms with E-state index in [0.29, 0.717) is 19.5 Å². The van der Waals surface area contributed by atoms with Gasteiger partial charge in [-0.15, -0.1) is 0 Å². The largest absolute Gasteiger partial charge is 0.391 e. The summed E-state index contributed by atoms with van der Waals surface area (Å²) in [4.78, 5) is 0. The van der Waals surface area contributed by atoms with Gasteiger partial charge in [-0.2, -0.15) is 17.4 Å². The molecule has 16 heavy (non-hydrogen) atoms. The number of aliphatic hydroxyl groups is 1. The Morgan fingerprint density at radius 2 is 1.69 bits per heavy atom. The first-order valence-electron chi connectivity index (χ1n) is 6.05. The Kier molecular flexibility index (Phi) is 3.84. The summed E-state index contributed by atoms with van der Waals surface area (Å²) in [7, 11) is -3.37. The number of nitrogens with one attached hydrogen (secondary N) is 1. The van der Waals surface area contributed by atoms with Crippen molar-refractivity contribution in [1.82, 2.24) is 9.03 Å². The van der Waals surface area contributed by atoms with Crippen LogP contribution in [0.1, 0.15) is 38.5 Å². The summed E-state index contributed by atoms with van der Waals surface area (Å²) in [6.45, 7) is 1.22. The van der Waals surface area contributed by atoms with E-state index < -0.39 is 16.3 Å². The second-order valence-corrected chi connectivity index (χ2v) is 6.39. The first kappa shape index (κ1) is 12.3. The smallest absolute Gasteiger partial charge is 0.279 e. The lowest BCUT2D eigenvalue weighted by atomic mass is 9.93. The Morgan fingerprint density at radius 3 is 2.31 bits per heavy atom. The topological polar surface area (TPSA) is 69.6 Å². The maximum absolute atomic E-state index is 12.0. The molecule has 6 heteroatoms. The van der Waals surface area contributed by atoms with Gasteiger partial charge in [-0.1, -0.05) is 12.8 Å². The minimum atomic E-state index is -3.37. The average Bonchev–Trinajstić information content (AvgIpc) is 2.75. The van der Waals surface area contributed by atoms with Gasteiger partial charge in [0.15, 0.2) is 0 Å². The highest BCUT2D eigenvalue weighted by Gasteiger charge is 2.31. The Labute approximate surface area is 97.0 Å². The first-order chi connectivity index (χ1) is 7.59. The molecule has 2 atom stereocenters. The van der Waals surface area contributed by atoms with E-state index in [1.807, 2.05) is 0 Å².